The Bertz CT molecular complexity index is 849. The van der Waals surface area contributed by atoms with Crippen molar-refractivity contribution in [3.63, 3.8) is 0 Å². The zero-order chi connectivity index (χ0) is 22.1. The largest absolute Gasteiger partial charge is 0.494 e. The first-order valence-electron chi connectivity index (χ1n) is 10.5. The molecule has 1 aliphatic rings. The summed E-state index contributed by atoms with van der Waals surface area (Å²) in [5, 5.41) is 5.70. The Morgan fingerprint density at radius 1 is 0.935 bits per heavy atom. The molecule has 0 radical (unpaired) electrons. The van der Waals surface area contributed by atoms with E-state index in [-0.39, 0.29) is 24.9 Å². The van der Waals surface area contributed by atoms with Crippen molar-refractivity contribution < 1.29 is 19.1 Å². The van der Waals surface area contributed by atoms with E-state index < -0.39 is 0 Å². The number of amides is 2. The Hall–Kier alpha value is -3.10. The Morgan fingerprint density at radius 2 is 1.45 bits per heavy atom. The summed E-state index contributed by atoms with van der Waals surface area (Å²) in [4.78, 5) is 28.5. The van der Waals surface area contributed by atoms with Crippen LogP contribution in [-0.2, 0) is 14.3 Å². The summed E-state index contributed by atoms with van der Waals surface area (Å²) in [6.45, 7) is 5.94. The highest BCUT2D eigenvalue weighted by atomic mass is 16.5. The van der Waals surface area contributed by atoms with Gasteiger partial charge >= 0.3 is 0 Å². The molecule has 0 unspecified atom stereocenters. The number of carbonyl (C=O) groups excluding carboxylic acids is 2. The number of anilines is 3. The third kappa shape index (κ3) is 7.27. The van der Waals surface area contributed by atoms with Crippen molar-refractivity contribution in [3.8, 4) is 5.75 Å². The lowest BCUT2D eigenvalue weighted by molar-refractivity contribution is -0.119. The summed E-state index contributed by atoms with van der Waals surface area (Å²) in [7, 11) is 1.73. The van der Waals surface area contributed by atoms with Gasteiger partial charge in [-0.15, -0.1) is 0 Å². The Kier molecular flexibility index (Phi) is 8.26. The van der Waals surface area contributed by atoms with E-state index in [1.807, 2.05) is 31.2 Å². The number of morpholine rings is 1. The molecule has 2 aromatic carbocycles. The smallest absolute Gasteiger partial charge is 0.238 e. The van der Waals surface area contributed by atoms with Crippen LogP contribution >= 0.6 is 0 Å². The minimum atomic E-state index is -0.186. The molecule has 2 amide bonds. The molecule has 2 aromatic rings. The van der Waals surface area contributed by atoms with Gasteiger partial charge < -0.3 is 25.0 Å². The molecule has 1 heterocycles. The molecule has 2 N–H and O–H groups in total. The van der Waals surface area contributed by atoms with Crippen LogP contribution in [0.25, 0.3) is 0 Å². The number of rotatable bonds is 9. The average Bonchev–Trinajstić information content (AvgIpc) is 2.76. The van der Waals surface area contributed by atoms with E-state index >= 15 is 0 Å². The topological polar surface area (TPSA) is 83.1 Å². The standard InChI is InChI=1S/C23H30N4O4/c1-3-31-21-10-6-19(7-11-21)25-23(29)17-26(2)16-22(28)24-18-4-8-20(9-5-18)27-12-14-30-15-13-27/h4-11H,3,12-17H2,1-2H3,(H,24,28)(H,25,29). The van der Waals surface area contributed by atoms with Crippen LogP contribution in [0, 0.1) is 0 Å². The zero-order valence-electron chi connectivity index (χ0n) is 18.1. The van der Waals surface area contributed by atoms with Crippen LogP contribution in [0.3, 0.4) is 0 Å². The van der Waals surface area contributed by atoms with E-state index in [1.165, 1.54) is 0 Å². The molecule has 1 saturated heterocycles. The van der Waals surface area contributed by atoms with E-state index in [9.17, 15) is 9.59 Å². The molecule has 0 aromatic heterocycles. The Labute approximate surface area is 183 Å². The third-order valence-corrected chi connectivity index (χ3v) is 4.80. The highest BCUT2D eigenvalue weighted by Crippen LogP contribution is 2.19. The molecule has 1 fully saturated rings. The van der Waals surface area contributed by atoms with Gasteiger partial charge in [-0.3, -0.25) is 14.5 Å². The monoisotopic (exact) mass is 426 g/mol. The second kappa shape index (κ2) is 11.3. The quantitative estimate of drug-likeness (QED) is 0.641. The number of nitrogens with zero attached hydrogens (tertiary/aromatic N) is 2. The molecule has 0 spiro atoms. The number of nitrogens with one attached hydrogen (secondary N) is 2. The molecular weight excluding hydrogens is 396 g/mol. The number of hydrogen-bond acceptors (Lipinski definition) is 6. The van der Waals surface area contributed by atoms with Crippen molar-refractivity contribution in [2.75, 3.05) is 68.6 Å². The first-order chi connectivity index (χ1) is 15.0. The summed E-state index contributed by atoms with van der Waals surface area (Å²) >= 11 is 0. The van der Waals surface area contributed by atoms with Gasteiger partial charge in [-0.1, -0.05) is 0 Å². The molecule has 3 rings (SSSR count). The maximum atomic E-state index is 12.3. The van der Waals surface area contributed by atoms with E-state index in [4.69, 9.17) is 9.47 Å². The predicted molar refractivity (Wildman–Crippen MR) is 122 cm³/mol. The van der Waals surface area contributed by atoms with Gasteiger partial charge in [0.15, 0.2) is 0 Å². The lowest BCUT2D eigenvalue weighted by Crippen LogP contribution is -2.36. The molecule has 8 heteroatoms. The van der Waals surface area contributed by atoms with Crippen LogP contribution in [0.15, 0.2) is 48.5 Å². The van der Waals surface area contributed by atoms with Crippen molar-refractivity contribution in [3.05, 3.63) is 48.5 Å². The molecule has 1 aliphatic heterocycles. The first kappa shape index (κ1) is 22.6. The molecule has 31 heavy (non-hydrogen) atoms. The second-order valence-corrected chi connectivity index (χ2v) is 7.37. The fourth-order valence-electron chi connectivity index (χ4n) is 3.33. The third-order valence-electron chi connectivity index (χ3n) is 4.80. The minimum absolute atomic E-state index is 0.108. The van der Waals surface area contributed by atoms with E-state index in [0.29, 0.717) is 12.3 Å². The second-order valence-electron chi connectivity index (χ2n) is 7.37. The van der Waals surface area contributed by atoms with Crippen LogP contribution in [0.4, 0.5) is 17.1 Å². The summed E-state index contributed by atoms with van der Waals surface area (Å²) in [5.74, 6) is 0.400. The molecule has 0 saturated carbocycles. The number of likely N-dealkylation sites (N-methyl/N-ethyl adjacent to an activating group) is 1. The van der Waals surface area contributed by atoms with Gasteiger partial charge in [0.1, 0.15) is 5.75 Å². The number of benzene rings is 2. The normalized spacial score (nSPS) is 13.7. The zero-order valence-corrected chi connectivity index (χ0v) is 18.1. The van der Waals surface area contributed by atoms with Crippen molar-refractivity contribution in [1.82, 2.24) is 4.90 Å². The molecule has 0 aliphatic carbocycles. The van der Waals surface area contributed by atoms with Crippen LogP contribution in [0.1, 0.15) is 6.92 Å². The van der Waals surface area contributed by atoms with Gasteiger partial charge in [0.2, 0.25) is 11.8 Å². The Balaban J connectivity index is 1.41. The van der Waals surface area contributed by atoms with E-state index in [2.05, 4.69) is 15.5 Å². The molecule has 0 bridgehead atoms. The van der Waals surface area contributed by atoms with E-state index in [1.54, 1.807) is 36.2 Å². The van der Waals surface area contributed by atoms with Crippen molar-refractivity contribution in [2.45, 2.75) is 6.92 Å². The Morgan fingerprint density at radius 3 is 1.97 bits per heavy atom. The number of hydrogen-bond donors (Lipinski definition) is 2. The highest BCUT2D eigenvalue weighted by Gasteiger charge is 2.13. The lowest BCUT2D eigenvalue weighted by Gasteiger charge is -2.28. The molecule has 8 nitrogen and oxygen atoms in total. The summed E-state index contributed by atoms with van der Waals surface area (Å²) < 4.78 is 10.8. The van der Waals surface area contributed by atoms with E-state index in [0.717, 1.165) is 43.4 Å². The summed E-state index contributed by atoms with van der Waals surface area (Å²) in [5.41, 5.74) is 2.53. The van der Waals surface area contributed by atoms with Crippen molar-refractivity contribution in [2.24, 2.45) is 0 Å². The number of carbonyl (C=O) groups is 2. The predicted octanol–water partition coefficient (Wildman–Crippen LogP) is 2.43. The van der Waals surface area contributed by atoms with Gasteiger partial charge in [-0.05, 0) is 62.5 Å². The molecular formula is C23H30N4O4. The van der Waals surface area contributed by atoms with Crippen LogP contribution in [-0.4, -0.2) is 69.8 Å². The fourth-order valence-corrected chi connectivity index (χ4v) is 3.33. The van der Waals surface area contributed by atoms with Gasteiger partial charge in [0.05, 0.1) is 32.9 Å². The maximum Gasteiger partial charge on any atom is 0.238 e. The SMILES string of the molecule is CCOc1ccc(NC(=O)CN(C)CC(=O)Nc2ccc(N3CCOCC3)cc2)cc1. The van der Waals surface area contributed by atoms with Crippen LogP contribution in [0.5, 0.6) is 5.75 Å². The fraction of sp³-hybridized carbons (Fsp3) is 0.391. The molecule has 166 valence electrons. The summed E-state index contributed by atoms with van der Waals surface area (Å²) in [6, 6.07) is 15.0. The lowest BCUT2D eigenvalue weighted by atomic mass is 10.2. The number of ether oxygens (including phenoxy) is 2. The minimum Gasteiger partial charge on any atom is -0.494 e. The van der Waals surface area contributed by atoms with Gasteiger partial charge in [0, 0.05) is 30.2 Å². The molecule has 0 atom stereocenters. The van der Waals surface area contributed by atoms with Crippen LogP contribution < -0.4 is 20.3 Å². The van der Waals surface area contributed by atoms with Crippen molar-refractivity contribution >= 4 is 28.9 Å². The highest BCUT2D eigenvalue weighted by molar-refractivity contribution is 5.94. The van der Waals surface area contributed by atoms with Gasteiger partial charge in [0.25, 0.3) is 0 Å². The van der Waals surface area contributed by atoms with Crippen molar-refractivity contribution in [1.29, 1.82) is 0 Å². The van der Waals surface area contributed by atoms with Gasteiger partial charge in [-0.2, -0.15) is 0 Å². The summed E-state index contributed by atoms with van der Waals surface area (Å²) in [6.07, 6.45) is 0. The van der Waals surface area contributed by atoms with Gasteiger partial charge in [-0.25, -0.2) is 0 Å². The van der Waals surface area contributed by atoms with Crippen LogP contribution in [0.2, 0.25) is 0 Å². The maximum absolute atomic E-state index is 12.3. The first-order valence-corrected chi connectivity index (χ1v) is 10.5. The average molecular weight is 427 g/mol.